The maximum atomic E-state index is 10.4. The molecule has 1 aliphatic carbocycles. The molecule has 0 aromatic heterocycles. The third-order valence-electron chi connectivity index (χ3n) is 6.46. The van der Waals surface area contributed by atoms with Crippen LogP contribution < -0.4 is 14.8 Å². The smallest absolute Gasteiger partial charge is 0.161 e. The minimum absolute atomic E-state index is 0.273. The van der Waals surface area contributed by atoms with E-state index in [1.165, 1.54) is 37.7 Å². The normalized spacial score (nSPS) is 19.7. The van der Waals surface area contributed by atoms with E-state index in [2.05, 4.69) is 23.3 Å². The summed E-state index contributed by atoms with van der Waals surface area (Å²) in [7, 11) is 3.77. The van der Waals surface area contributed by atoms with E-state index in [0.29, 0.717) is 30.0 Å². The first-order valence-corrected chi connectivity index (χ1v) is 11.6. The lowest BCUT2D eigenvalue weighted by Gasteiger charge is -2.32. The number of hydrogen-bond acceptors (Lipinski definition) is 6. The summed E-state index contributed by atoms with van der Waals surface area (Å²) in [5.74, 6) is 2.11. The number of benzene rings is 1. The largest absolute Gasteiger partial charge is 0.493 e. The van der Waals surface area contributed by atoms with Gasteiger partial charge in [0.25, 0.3) is 0 Å². The third kappa shape index (κ3) is 7.41. The van der Waals surface area contributed by atoms with E-state index in [1.807, 2.05) is 12.1 Å². The minimum Gasteiger partial charge on any atom is -0.493 e. The lowest BCUT2D eigenvalue weighted by atomic mass is 9.94. The molecule has 1 aromatic rings. The van der Waals surface area contributed by atoms with Crippen LogP contribution in [0.25, 0.3) is 0 Å². The molecule has 1 saturated carbocycles. The summed E-state index contributed by atoms with van der Waals surface area (Å²) in [6.45, 7) is 4.51. The van der Waals surface area contributed by atoms with Crippen LogP contribution in [0.2, 0.25) is 0 Å². The number of nitrogens with zero attached hydrogens (tertiary/aromatic N) is 1. The van der Waals surface area contributed by atoms with Gasteiger partial charge in [-0.25, -0.2) is 0 Å². The fourth-order valence-electron chi connectivity index (χ4n) is 4.55. The van der Waals surface area contributed by atoms with Gasteiger partial charge in [-0.15, -0.1) is 0 Å². The van der Waals surface area contributed by atoms with E-state index in [0.717, 1.165) is 39.1 Å². The maximum Gasteiger partial charge on any atom is 0.161 e. The lowest BCUT2D eigenvalue weighted by molar-refractivity contribution is 0.0553. The van der Waals surface area contributed by atoms with Gasteiger partial charge < -0.3 is 29.5 Å². The molecule has 0 bridgehead atoms. The Labute approximate surface area is 181 Å². The molecule has 1 unspecified atom stereocenters. The van der Waals surface area contributed by atoms with Gasteiger partial charge in [-0.3, -0.25) is 0 Å². The fourth-order valence-corrected chi connectivity index (χ4v) is 4.55. The average Bonchev–Trinajstić information content (AvgIpc) is 2.79. The van der Waals surface area contributed by atoms with Crippen LogP contribution in [-0.4, -0.2) is 69.2 Å². The van der Waals surface area contributed by atoms with Gasteiger partial charge in [0.2, 0.25) is 0 Å². The Morgan fingerprint density at radius 2 is 1.90 bits per heavy atom. The molecule has 6 nitrogen and oxygen atoms in total. The fraction of sp³-hybridized carbons (Fsp3) is 0.750. The zero-order valence-electron chi connectivity index (χ0n) is 18.8. The molecule has 1 saturated heterocycles. The van der Waals surface area contributed by atoms with Gasteiger partial charge in [-0.05, 0) is 62.9 Å². The number of rotatable bonds is 11. The van der Waals surface area contributed by atoms with Crippen molar-refractivity contribution in [2.24, 2.45) is 5.92 Å². The van der Waals surface area contributed by atoms with Gasteiger partial charge in [0.1, 0.15) is 12.7 Å². The molecule has 2 fully saturated rings. The summed E-state index contributed by atoms with van der Waals surface area (Å²) in [6.07, 6.45) is 8.19. The number of aliphatic hydroxyl groups excluding tert-OH is 1. The lowest BCUT2D eigenvalue weighted by Crippen LogP contribution is -2.40. The van der Waals surface area contributed by atoms with Crippen molar-refractivity contribution in [3.63, 3.8) is 0 Å². The van der Waals surface area contributed by atoms with Crippen molar-refractivity contribution in [3.8, 4) is 11.5 Å². The van der Waals surface area contributed by atoms with Crippen LogP contribution in [0, 0.1) is 5.92 Å². The van der Waals surface area contributed by atoms with Gasteiger partial charge in [-0.1, -0.05) is 25.3 Å². The SMILES string of the molecule is COc1cc(CNCC2CCOCC2)ccc1OCC(O)CN(C)C1CCCCC1. The molecule has 1 aliphatic heterocycles. The second kappa shape index (κ2) is 12.5. The summed E-state index contributed by atoms with van der Waals surface area (Å²) in [6, 6.07) is 6.63. The zero-order valence-corrected chi connectivity index (χ0v) is 18.8. The average molecular weight is 421 g/mol. The molecule has 170 valence electrons. The first kappa shape index (κ1) is 23.3. The quantitative estimate of drug-likeness (QED) is 0.573. The summed E-state index contributed by atoms with van der Waals surface area (Å²) in [5, 5.41) is 14.0. The van der Waals surface area contributed by atoms with Crippen LogP contribution in [-0.2, 0) is 11.3 Å². The van der Waals surface area contributed by atoms with Crippen molar-refractivity contribution >= 4 is 0 Å². The van der Waals surface area contributed by atoms with Gasteiger partial charge >= 0.3 is 0 Å². The molecule has 2 N–H and O–H groups in total. The highest BCUT2D eigenvalue weighted by Crippen LogP contribution is 2.28. The Kier molecular flexibility index (Phi) is 9.72. The highest BCUT2D eigenvalue weighted by atomic mass is 16.5. The van der Waals surface area contributed by atoms with Crippen molar-refractivity contribution in [1.82, 2.24) is 10.2 Å². The molecule has 0 amide bonds. The first-order chi connectivity index (χ1) is 14.7. The minimum atomic E-state index is -0.512. The van der Waals surface area contributed by atoms with Crippen molar-refractivity contribution in [3.05, 3.63) is 23.8 Å². The van der Waals surface area contributed by atoms with Gasteiger partial charge in [-0.2, -0.15) is 0 Å². The summed E-state index contributed by atoms with van der Waals surface area (Å²) >= 11 is 0. The highest BCUT2D eigenvalue weighted by molar-refractivity contribution is 5.43. The molecule has 0 spiro atoms. The summed E-state index contributed by atoms with van der Waals surface area (Å²) in [4.78, 5) is 2.29. The van der Waals surface area contributed by atoms with E-state index in [9.17, 15) is 5.11 Å². The number of hydrogen-bond donors (Lipinski definition) is 2. The van der Waals surface area contributed by atoms with E-state index >= 15 is 0 Å². The Bertz CT molecular complexity index is 615. The predicted molar refractivity (Wildman–Crippen MR) is 119 cm³/mol. The van der Waals surface area contributed by atoms with Crippen molar-refractivity contribution in [2.45, 2.75) is 63.6 Å². The third-order valence-corrected chi connectivity index (χ3v) is 6.46. The number of ether oxygens (including phenoxy) is 3. The molecular formula is C24H40N2O4. The van der Waals surface area contributed by atoms with E-state index in [4.69, 9.17) is 14.2 Å². The van der Waals surface area contributed by atoms with E-state index in [1.54, 1.807) is 7.11 Å². The summed E-state index contributed by atoms with van der Waals surface area (Å²) in [5.41, 5.74) is 1.17. The van der Waals surface area contributed by atoms with E-state index < -0.39 is 6.10 Å². The Morgan fingerprint density at radius 3 is 2.63 bits per heavy atom. The molecule has 30 heavy (non-hydrogen) atoms. The molecule has 1 heterocycles. The zero-order chi connectivity index (χ0) is 21.2. The first-order valence-electron chi connectivity index (χ1n) is 11.6. The second-order valence-corrected chi connectivity index (χ2v) is 8.87. The standard InChI is InChI=1S/C24H40N2O4/c1-26(21-6-4-3-5-7-21)17-22(27)18-30-23-9-8-20(14-24(23)28-2)16-25-15-19-10-12-29-13-11-19/h8-9,14,19,21-22,25,27H,3-7,10-13,15-18H2,1-2H3. The topological polar surface area (TPSA) is 63.2 Å². The van der Waals surface area contributed by atoms with Crippen molar-refractivity contribution in [2.75, 3.05) is 47.1 Å². The molecule has 6 heteroatoms. The van der Waals surface area contributed by atoms with Gasteiger partial charge in [0.05, 0.1) is 7.11 Å². The number of nitrogens with one attached hydrogen (secondary N) is 1. The molecule has 3 rings (SSSR count). The van der Waals surface area contributed by atoms with Crippen LogP contribution in [0.1, 0.15) is 50.5 Å². The molecule has 2 aliphatic rings. The van der Waals surface area contributed by atoms with Crippen molar-refractivity contribution < 1.29 is 19.3 Å². The van der Waals surface area contributed by atoms with Crippen LogP contribution in [0.3, 0.4) is 0 Å². The van der Waals surface area contributed by atoms with Crippen LogP contribution in [0.15, 0.2) is 18.2 Å². The number of likely N-dealkylation sites (N-methyl/N-ethyl adjacent to an activating group) is 1. The Morgan fingerprint density at radius 1 is 1.13 bits per heavy atom. The van der Waals surface area contributed by atoms with Crippen LogP contribution in [0.4, 0.5) is 0 Å². The van der Waals surface area contributed by atoms with E-state index in [-0.39, 0.29) is 6.61 Å². The van der Waals surface area contributed by atoms with Crippen LogP contribution >= 0.6 is 0 Å². The molecule has 1 atom stereocenters. The predicted octanol–water partition coefficient (Wildman–Crippen LogP) is 3.22. The molecule has 0 radical (unpaired) electrons. The molecule has 1 aromatic carbocycles. The van der Waals surface area contributed by atoms with Gasteiger partial charge in [0, 0.05) is 32.3 Å². The summed E-state index contributed by atoms with van der Waals surface area (Å²) < 4.78 is 16.8. The number of aliphatic hydroxyl groups is 1. The van der Waals surface area contributed by atoms with Crippen LogP contribution in [0.5, 0.6) is 11.5 Å². The monoisotopic (exact) mass is 420 g/mol. The maximum absolute atomic E-state index is 10.4. The van der Waals surface area contributed by atoms with Gasteiger partial charge in [0.15, 0.2) is 11.5 Å². The Balaban J connectivity index is 1.42. The second-order valence-electron chi connectivity index (χ2n) is 8.87. The highest BCUT2D eigenvalue weighted by Gasteiger charge is 2.20. The Hall–Kier alpha value is -1.34. The van der Waals surface area contributed by atoms with Crippen molar-refractivity contribution in [1.29, 1.82) is 0 Å². The molecular weight excluding hydrogens is 380 g/mol. The number of methoxy groups -OCH3 is 1.